The van der Waals surface area contributed by atoms with Gasteiger partial charge in [-0.1, -0.05) is 12.2 Å². The molecule has 1 aliphatic rings. The molecule has 0 bridgehead atoms. The lowest BCUT2D eigenvalue weighted by molar-refractivity contribution is -0.154. The summed E-state index contributed by atoms with van der Waals surface area (Å²) in [4.78, 5) is 18.0. The molecule has 0 saturated carbocycles. The van der Waals surface area contributed by atoms with Gasteiger partial charge in [0.1, 0.15) is 10.8 Å². The molecular formula is C12H15N3O3S. The van der Waals surface area contributed by atoms with Crippen LogP contribution in [0.25, 0.3) is 0 Å². The minimum atomic E-state index is -0.573. The second-order valence-electron chi connectivity index (χ2n) is 4.10. The number of rotatable bonds is 3. The molecule has 2 rings (SSSR count). The average Bonchev–Trinajstić information content (AvgIpc) is 2.46. The molecule has 1 fully saturated rings. The number of thiocarbonyl (C=S) groups is 1. The maximum Gasteiger partial charge on any atom is 0.336 e. The molecule has 2 N–H and O–H groups in total. The summed E-state index contributed by atoms with van der Waals surface area (Å²) in [5.41, 5.74) is 6.24. The number of anilines is 1. The van der Waals surface area contributed by atoms with Crippen molar-refractivity contribution in [1.29, 1.82) is 0 Å². The van der Waals surface area contributed by atoms with Crippen LogP contribution >= 0.6 is 12.2 Å². The number of nitrogens with two attached hydrogens (primary N) is 1. The molecule has 0 amide bonds. The highest BCUT2D eigenvalue weighted by molar-refractivity contribution is 7.80. The number of hydrogen-bond acceptors (Lipinski definition) is 6. The molecule has 1 atom stereocenters. The molecule has 1 aliphatic heterocycles. The van der Waals surface area contributed by atoms with Crippen LogP contribution in [-0.4, -0.2) is 48.9 Å². The van der Waals surface area contributed by atoms with Crippen molar-refractivity contribution in [2.75, 3.05) is 31.7 Å². The van der Waals surface area contributed by atoms with Gasteiger partial charge < -0.3 is 20.1 Å². The largest absolute Gasteiger partial charge is 0.467 e. The third-order valence-electron chi connectivity index (χ3n) is 2.89. The van der Waals surface area contributed by atoms with Crippen molar-refractivity contribution in [3.05, 3.63) is 23.9 Å². The maximum atomic E-state index is 11.5. The highest BCUT2D eigenvalue weighted by Crippen LogP contribution is 2.16. The van der Waals surface area contributed by atoms with E-state index in [0.29, 0.717) is 24.7 Å². The fourth-order valence-electron chi connectivity index (χ4n) is 1.85. The van der Waals surface area contributed by atoms with Crippen LogP contribution in [0.3, 0.4) is 0 Å². The zero-order valence-corrected chi connectivity index (χ0v) is 11.4. The van der Waals surface area contributed by atoms with E-state index < -0.39 is 6.10 Å². The molecule has 1 aromatic heterocycles. The van der Waals surface area contributed by atoms with Crippen LogP contribution < -0.4 is 10.6 Å². The summed E-state index contributed by atoms with van der Waals surface area (Å²) in [6.45, 7) is 1.55. The first-order valence-electron chi connectivity index (χ1n) is 5.82. The Morgan fingerprint density at radius 2 is 2.42 bits per heavy atom. The van der Waals surface area contributed by atoms with Gasteiger partial charge in [0.05, 0.1) is 20.3 Å². The lowest BCUT2D eigenvalue weighted by atomic mass is 10.2. The summed E-state index contributed by atoms with van der Waals surface area (Å²) in [6.07, 6.45) is 1.05. The van der Waals surface area contributed by atoms with Crippen molar-refractivity contribution in [2.45, 2.75) is 6.10 Å². The zero-order valence-electron chi connectivity index (χ0n) is 10.5. The van der Waals surface area contributed by atoms with Crippen molar-refractivity contribution in [2.24, 2.45) is 5.73 Å². The third kappa shape index (κ3) is 3.18. The van der Waals surface area contributed by atoms with Gasteiger partial charge in [0.2, 0.25) is 0 Å². The Morgan fingerprint density at radius 1 is 1.63 bits per heavy atom. The first-order chi connectivity index (χ1) is 9.11. The number of esters is 1. The van der Waals surface area contributed by atoms with Crippen LogP contribution in [-0.2, 0) is 14.3 Å². The number of nitrogens with zero attached hydrogens (tertiary/aromatic N) is 2. The number of methoxy groups -OCH3 is 1. The quantitative estimate of drug-likeness (QED) is 0.621. The number of pyridine rings is 1. The second-order valence-corrected chi connectivity index (χ2v) is 4.54. The lowest BCUT2D eigenvalue weighted by Crippen LogP contribution is -2.46. The van der Waals surface area contributed by atoms with Gasteiger partial charge >= 0.3 is 5.97 Å². The van der Waals surface area contributed by atoms with E-state index in [-0.39, 0.29) is 5.97 Å². The summed E-state index contributed by atoms with van der Waals surface area (Å²) in [5, 5.41) is 0. The standard InChI is InChI=1S/C12H15N3O3S/c1-17-12(16)9-7-15(4-5-18-9)10-3-2-8(6-14-10)11(13)19/h2-3,6,9H,4-5,7H2,1H3,(H2,13,19). The van der Waals surface area contributed by atoms with Crippen molar-refractivity contribution in [3.63, 3.8) is 0 Å². The van der Waals surface area contributed by atoms with Crippen LogP contribution in [0.5, 0.6) is 0 Å². The topological polar surface area (TPSA) is 77.7 Å². The van der Waals surface area contributed by atoms with Crippen LogP contribution in [0, 0.1) is 0 Å². The number of hydrogen-bond donors (Lipinski definition) is 1. The molecule has 19 heavy (non-hydrogen) atoms. The third-order valence-corrected chi connectivity index (χ3v) is 3.12. The fourth-order valence-corrected chi connectivity index (χ4v) is 1.97. The molecule has 0 aromatic carbocycles. The fraction of sp³-hybridized carbons (Fsp3) is 0.417. The van der Waals surface area contributed by atoms with Crippen LogP contribution in [0.2, 0.25) is 0 Å². The van der Waals surface area contributed by atoms with Gasteiger partial charge in [-0.05, 0) is 12.1 Å². The van der Waals surface area contributed by atoms with E-state index in [1.807, 2.05) is 17.0 Å². The SMILES string of the molecule is COC(=O)C1CN(c2ccc(C(N)=S)cn2)CCO1. The van der Waals surface area contributed by atoms with E-state index in [1.165, 1.54) is 7.11 Å². The predicted molar refractivity (Wildman–Crippen MR) is 74.1 cm³/mol. The predicted octanol–water partition coefficient (Wildman–Crippen LogP) is 0.0940. The zero-order chi connectivity index (χ0) is 13.8. The Morgan fingerprint density at radius 3 is 3.00 bits per heavy atom. The van der Waals surface area contributed by atoms with Crippen molar-refractivity contribution in [1.82, 2.24) is 4.98 Å². The van der Waals surface area contributed by atoms with Gasteiger partial charge in [-0.25, -0.2) is 9.78 Å². The molecule has 6 nitrogen and oxygen atoms in total. The number of aromatic nitrogens is 1. The van der Waals surface area contributed by atoms with Gasteiger partial charge in [-0.15, -0.1) is 0 Å². The summed E-state index contributed by atoms with van der Waals surface area (Å²) >= 11 is 4.87. The molecule has 0 spiro atoms. The Bertz CT molecular complexity index is 478. The van der Waals surface area contributed by atoms with E-state index in [9.17, 15) is 4.79 Å². The molecule has 1 aromatic rings. The summed E-state index contributed by atoms with van der Waals surface area (Å²) in [6, 6.07) is 3.64. The summed E-state index contributed by atoms with van der Waals surface area (Å²) in [7, 11) is 1.35. The molecule has 7 heteroatoms. The lowest BCUT2D eigenvalue weighted by Gasteiger charge is -2.32. The maximum absolute atomic E-state index is 11.5. The number of carbonyl (C=O) groups is 1. The molecule has 1 unspecified atom stereocenters. The van der Waals surface area contributed by atoms with Gasteiger partial charge in [0.25, 0.3) is 0 Å². The highest BCUT2D eigenvalue weighted by atomic mass is 32.1. The van der Waals surface area contributed by atoms with Gasteiger partial charge in [0.15, 0.2) is 6.10 Å². The Labute approximate surface area is 116 Å². The second kappa shape index (κ2) is 5.94. The van der Waals surface area contributed by atoms with E-state index in [0.717, 1.165) is 11.4 Å². The molecule has 0 radical (unpaired) electrons. The molecule has 1 saturated heterocycles. The van der Waals surface area contributed by atoms with E-state index in [4.69, 9.17) is 22.7 Å². The van der Waals surface area contributed by atoms with Crippen LogP contribution in [0.15, 0.2) is 18.3 Å². The van der Waals surface area contributed by atoms with Crippen molar-refractivity contribution in [3.8, 4) is 0 Å². The normalized spacial score (nSPS) is 19.0. The van der Waals surface area contributed by atoms with Gasteiger partial charge in [-0.2, -0.15) is 0 Å². The van der Waals surface area contributed by atoms with E-state index >= 15 is 0 Å². The Hall–Kier alpha value is -1.73. The number of carbonyl (C=O) groups excluding carboxylic acids is 1. The summed E-state index contributed by atoms with van der Waals surface area (Å²) in [5.74, 6) is 0.390. The van der Waals surface area contributed by atoms with Crippen LogP contribution in [0.4, 0.5) is 5.82 Å². The first kappa shape index (κ1) is 13.7. The molecule has 102 valence electrons. The Kier molecular flexibility index (Phi) is 4.28. The van der Waals surface area contributed by atoms with Crippen LogP contribution in [0.1, 0.15) is 5.56 Å². The Balaban J connectivity index is 2.08. The van der Waals surface area contributed by atoms with Crippen molar-refractivity contribution >= 4 is 29.0 Å². The number of morpholine rings is 1. The smallest absolute Gasteiger partial charge is 0.336 e. The minimum absolute atomic E-state index is 0.313. The molecule has 2 heterocycles. The van der Waals surface area contributed by atoms with Gasteiger partial charge in [0, 0.05) is 18.3 Å². The monoisotopic (exact) mass is 281 g/mol. The van der Waals surface area contributed by atoms with Gasteiger partial charge in [-0.3, -0.25) is 0 Å². The van der Waals surface area contributed by atoms with E-state index in [1.54, 1.807) is 6.20 Å². The molecule has 0 aliphatic carbocycles. The number of ether oxygens (including phenoxy) is 2. The summed E-state index contributed by atoms with van der Waals surface area (Å²) < 4.78 is 10.0. The average molecular weight is 281 g/mol. The minimum Gasteiger partial charge on any atom is -0.467 e. The first-order valence-corrected chi connectivity index (χ1v) is 6.23. The van der Waals surface area contributed by atoms with Crippen molar-refractivity contribution < 1.29 is 14.3 Å². The van der Waals surface area contributed by atoms with E-state index in [2.05, 4.69) is 9.72 Å². The highest BCUT2D eigenvalue weighted by Gasteiger charge is 2.27. The molecular weight excluding hydrogens is 266 g/mol.